The fraction of sp³-hybridized carbons (Fsp3) is 0.875. The van der Waals surface area contributed by atoms with Gasteiger partial charge in [-0.15, -0.1) is 0 Å². The Labute approximate surface area is 127 Å². The lowest BCUT2D eigenvalue weighted by atomic mass is 10.1. The van der Waals surface area contributed by atoms with Crippen molar-refractivity contribution in [2.75, 3.05) is 19.8 Å². The molecule has 1 fully saturated rings. The number of ether oxygens (including phenoxy) is 1. The van der Waals surface area contributed by atoms with E-state index in [1.807, 2.05) is 0 Å². The zero-order valence-electron chi connectivity index (χ0n) is 13.2. The summed E-state index contributed by atoms with van der Waals surface area (Å²) in [7, 11) is 0. The highest BCUT2D eigenvalue weighted by Gasteiger charge is 2.28. The van der Waals surface area contributed by atoms with Crippen LogP contribution in [-0.4, -0.2) is 47.7 Å². The largest absolute Gasteiger partial charge is 0.481 e. The maximum Gasteiger partial charge on any atom is 0.305 e. The van der Waals surface area contributed by atoms with Gasteiger partial charge in [0.15, 0.2) is 0 Å². The summed E-state index contributed by atoms with van der Waals surface area (Å²) in [6.45, 7) is 3.58. The molecule has 1 saturated heterocycles. The first-order valence-electron chi connectivity index (χ1n) is 8.24. The van der Waals surface area contributed by atoms with Gasteiger partial charge in [-0.3, -0.25) is 9.59 Å². The SMILES string of the molecule is CCCCCCCCCC(=O)N1CCOCC1CC(=O)O. The number of carbonyl (C=O) groups excluding carboxylic acids is 1. The minimum Gasteiger partial charge on any atom is -0.481 e. The molecule has 122 valence electrons. The molecule has 5 nitrogen and oxygen atoms in total. The Morgan fingerprint density at radius 1 is 1.14 bits per heavy atom. The van der Waals surface area contributed by atoms with Gasteiger partial charge in [0.2, 0.25) is 5.91 Å². The topological polar surface area (TPSA) is 66.8 Å². The van der Waals surface area contributed by atoms with E-state index < -0.39 is 5.97 Å². The number of morpholine rings is 1. The van der Waals surface area contributed by atoms with Crippen molar-refractivity contribution in [2.45, 2.75) is 70.8 Å². The smallest absolute Gasteiger partial charge is 0.305 e. The van der Waals surface area contributed by atoms with Crippen LogP contribution in [0.4, 0.5) is 0 Å². The Hall–Kier alpha value is -1.10. The molecule has 1 heterocycles. The van der Waals surface area contributed by atoms with Gasteiger partial charge >= 0.3 is 5.97 Å². The summed E-state index contributed by atoms with van der Waals surface area (Å²) in [4.78, 5) is 24.7. The van der Waals surface area contributed by atoms with Crippen LogP contribution in [0.1, 0.15) is 64.7 Å². The normalized spacial score (nSPS) is 18.7. The number of rotatable bonds is 10. The fourth-order valence-electron chi connectivity index (χ4n) is 2.73. The van der Waals surface area contributed by atoms with Crippen LogP contribution in [0.15, 0.2) is 0 Å². The van der Waals surface area contributed by atoms with E-state index >= 15 is 0 Å². The third-order valence-corrected chi connectivity index (χ3v) is 3.95. The molecule has 0 aromatic heterocycles. The maximum atomic E-state index is 12.2. The molecule has 1 atom stereocenters. The van der Waals surface area contributed by atoms with E-state index in [9.17, 15) is 9.59 Å². The molecule has 0 spiro atoms. The van der Waals surface area contributed by atoms with Crippen molar-refractivity contribution in [2.24, 2.45) is 0 Å². The standard InChI is InChI=1S/C16H29NO4/c1-2-3-4-5-6-7-8-9-15(18)17-10-11-21-13-14(17)12-16(19)20/h14H,2-13H2,1H3,(H,19,20). The zero-order valence-corrected chi connectivity index (χ0v) is 13.2. The third kappa shape index (κ3) is 7.46. The Morgan fingerprint density at radius 2 is 1.81 bits per heavy atom. The maximum absolute atomic E-state index is 12.2. The predicted octanol–water partition coefficient (Wildman–Crippen LogP) is 2.83. The fourth-order valence-corrected chi connectivity index (χ4v) is 2.73. The molecule has 1 amide bonds. The van der Waals surface area contributed by atoms with E-state index in [0.29, 0.717) is 26.2 Å². The Morgan fingerprint density at radius 3 is 2.48 bits per heavy atom. The average molecular weight is 299 g/mol. The lowest BCUT2D eigenvalue weighted by Gasteiger charge is -2.35. The number of aliphatic carboxylic acids is 1. The first-order chi connectivity index (χ1) is 10.1. The van der Waals surface area contributed by atoms with Gasteiger partial charge in [0, 0.05) is 13.0 Å². The number of carbonyl (C=O) groups is 2. The summed E-state index contributed by atoms with van der Waals surface area (Å²) < 4.78 is 5.29. The van der Waals surface area contributed by atoms with E-state index in [2.05, 4.69) is 6.92 Å². The molecule has 1 rings (SSSR count). The van der Waals surface area contributed by atoms with Crippen molar-refractivity contribution in [3.05, 3.63) is 0 Å². The summed E-state index contributed by atoms with van der Waals surface area (Å²) in [5.74, 6) is -0.794. The number of hydrogen-bond acceptors (Lipinski definition) is 3. The molecule has 1 N–H and O–H groups in total. The molecular formula is C16H29NO4. The summed E-state index contributed by atoms with van der Waals surface area (Å²) >= 11 is 0. The number of amides is 1. The molecule has 5 heteroatoms. The highest BCUT2D eigenvalue weighted by molar-refractivity contribution is 5.77. The lowest BCUT2D eigenvalue weighted by Crippen LogP contribution is -2.49. The van der Waals surface area contributed by atoms with Crippen LogP contribution < -0.4 is 0 Å². The van der Waals surface area contributed by atoms with Crippen molar-refractivity contribution in [1.82, 2.24) is 4.90 Å². The van der Waals surface area contributed by atoms with Gasteiger partial charge in [-0.05, 0) is 6.42 Å². The van der Waals surface area contributed by atoms with Crippen LogP contribution in [0.3, 0.4) is 0 Å². The van der Waals surface area contributed by atoms with Crippen molar-refractivity contribution < 1.29 is 19.4 Å². The quantitative estimate of drug-likeness (QED) is 0.630. The molecule has 21 heavy (non-hydrogen) atoms. The molecular weight excluding hydrogens is 270 g/mol. The molecule has 0 bridgehead atoms. The lowest BCUT2D eigenvalue weighted by molar-refractivity contribution is -0.146. The van der Waals surface area contributed by atoms with E-state index in [1.165, 1.54) is 32.1 Å². The molecule has 0 saturated carbocycles. The second kappa shape index (κ2) is 10.6. The molecule has 0 radical (unpaired) electrons. The molecule has 0 aliphatic carbocycles. The van der Waals surface area contributed by atoms with E-state index in [4.69, 9.17) is 9.84 Å². The monoisotopic (exact) mass is 299 g/mol. The van der Waals surface area contributed by atoms with E-state index in [-0.39, 0.29) is 18.4 Å². The first-order valence-corrected chi connectivity index (χ1v) is 8.24. The van der Waals surface area contributed by atoms with E-state index in [1.54, 1.807) is 4.90 Å². The first kappa shape index (κ1) is 18.0. The second-order valence-corrected chi connectivity index (χ2v) is 5.79. The Bertz CT molecular complexity index is 319. The average Bonchev–Trinajstić information content (AvgIpc) is 2.46. The molecule has 1 unspecified atom stereocenters. The van der Waals surface area contributed by atoms with Gasteiger partial charge in [-0.25, -0.2) is 0 Å². The van der Waals surface area contributed by atoms with Crippen LogP contribution >= 0.6 is 0 Å². The van der Waals surface area contributed by atoms with Crippen LogP contribution in [0, 0.1) is 0 Å². The minimum absolute atomic E-state index is 0.0250. The van der Waals surface area contributed by atoms with Crippen molar-refractivity contribution in [1.29, 1.82) is 0 Å². The van der Waals surface area contributed by atoms with Gasteiger partial charge in [-0.1, -0.05) is 45.4 Å². The summed E-state index contributed by atoms with van der Waals surface area (Å²) in [6.07, 6.45) is 8.77. The van der Waals surface area contributed by atoms with E-state index in [0.717, 1.165) is 12.8 Å². The van der Waals surface area contributed by atoms with Crippen LogP contribution in [0.2, 0.25) is 0 Å². The van der Waals surface area contributed by atoms with Gasteiger partial charge in [0.1, 0.15) is 0 Å². The van der Waals surface area contributed by atoms with Crippen LogP contribution in [-0.2, 0) is 14.3 Å². The number of carboxylic acids is 1. The second-order valence-electron chi connectivity index (χ2n) is 5.79. The van der Waals surface area contributed by atoms with Gasteiger partial charge in [0.05, 0.1) is 25.7 Å². The van der Waals surface area contributed by atoms with Gasteiger partial charge in [-0.2, -0.15) is 0 Å². The predicted molar refractivity (Wildman–Crippen MR) is 81.2 cm³/mol. The zero-order chi connectivity index (χ0) is 15.5. The summed E-state index contributed by atoms with van der Waals surface area (Å²) in [5.41, 5.74) is 0. The molecule has 0 aromatic carbocycles. The number of carboxylic acid groups (broad SMARTS) is 1. The highest BCUT2D eigenvalue weighted by Crippen LogP contribution is 2.15. The minimum atomic E-state index is -0.876. The molecule has 0 aromatic rings. The summed E-state index contributed by atoms with van der Waals surface area (Å²) in [5, 5.41) is 8.89. The van der Waals surface area contributed by atoms with Gasteiger partial charge < -0.3 is 14.7 Å². The third-order valence-electron chi connectivity index (χ3n) is 3.95. The van der Waals surface area contributed by atoms with Crippen molar-refractivity contribution in [3.63, 3.8) is 0 Å². The summed E-state index contributed by atoms with van der Waals surface area (Å²) in [6, 6.07) is -0.298. The number of nitrogens with zero attached hydrogens (tertiary/aromatic N) is 1. The van der Waals surface area contributed by atoms with Crippen LogP contribution in [0.25, 0.3) is 0 Å². The van der Waals surface area contributed by atoms with Gasteiger partial charge in [0.25, 0.3) is 0 Å². The molecule has 1 aliphatic heterocycles. The van der Waals surface area contributed by atoms with Crippen molar-refractivity contribution >= 4 is 11.9 Å². The van der Waals surface area contributed by atoms with Crippen LogP contribution in [0.5, 0.6) is 0 Å². The Balaban J connectivity index is 2.21. The number of unbranched alkanes of at least 4 members (excludes halogenated alkanes) is 6. The molecule has 1 aliphatic rings. The Kier molecular flexibility index (Phi) is 9.06. The number of hydrogen-bond donors (Lipinski definition) is 1. The van der Waals surface area contributed by atoms with Crippen molar-refractivity contribution in [3.8, 4) is 0 Å². The highest BCUT2D eigenvalue weighted by atomic mass is 16.5.